The van der Waals surface area contributed by atoms with Gasteiger partial charge < -0.3 is 5.32 Å². The Morgan fingerprint density at radius 1 is 1.18 bits per heavy atom. The molecule has 1 aromatic heterocycles. The van der Waals surface area contributed by atoms with Crippen molar-refractivity contribution in [3.63, 3.8) is 0 Å². The maximum atomic E-state index is 13.8. The highest BCUT2D eigenvalue weighted by molar-refractivity contribution is 7.91. The molecule has 0 amide bonds. The largest absolute Gasteiger partial charge is 0.314 e. The van der Waals surface area contributed by atoms with Crippen LogP contribution in [0.2, 0.25) is 0 Å². The summed E-state index contributed by atoms with van der Waals surface area (Å²) in [6.45, 7) is 2.98. The van der Waals surface area contributed by atoms with E-state index in [4.69, 9.17) is 0 Å². The van der Waals surface area contributed by atoms with Crippen LogP contribution in [0.5, 0.6) is 0 Å². The van der Waals surface area contributed by atoms with E-state index in [0.717, 1.165) is 36.9 Å². The smallest absolute Gasteiger partial charge is 0.181 e. The molecule has 0 saturated heterocycles. The van der Waals surface area contributed by atoms with Crippen LogP contribution in [-0.4, -0.2) is 36.5 Å². The molecule has 178 valence electrons. The van der Waals surface area contributed by atoms with Gasteiger partial charge in [0, 0.05) is 25.2 Å². The van der Waals surface area contributed by atoms with Crippen LogP contribution in [0.1, 0.15) is 41.5 Å². The minimum atomic E-state index is -3.38. The summed E-state index contributed by atoms with van der Waals surface area (Å²) in [5.74, 6) is 0.0474. The Bertz CT molecular complexity index is 1200. The average Bonchev–Trinajstić information content (AvgIpc) is 3.21. The molecule has 33 heavy (non-hydrogen) atoms. The van der Waals surface area contributed by atoms with Crippen molar-refractivity contribution >= 4 is 22.2 Å². The Hall–Kier alpha value is -2.22. The van der Waals surface area contributed by atoms with E-state index in [0.29, 0.717) is 12.5 Å². The molecule has 0 bridgehead atoms. The first kappa shape index (κ1) is 25.4. The lowest BCUT2D eigenvalue weighted by atomic mass is 9.75. The number of halogens is 2. The van der Waals surface area contributed by atoms with Gasteiger partial charge in [0.05, 0.1) is 11.9 Å². The number of rotatable bonds is 8. The summed E-state index contributed by atoms with van der Waals surface area (Å²) in [5, 5.41) is 7.59. The van der Waals surface area contributed by atoms with E-state index in [1.54, 1.807) is 19.2 Å². The first-order chi connectivity index (χ1) is 15.4. The number of nitrogens with one attached hydrogen (secondary N) is 1. The SMILES string of the molecule is CCNC1CCc2ccc(CCS(=O)(=O)c3cnn(C)c3)cc2C1Cc1cccc(F)c1.Cl. The lowest BCUT2D eigenvalue weighted by Crippen LogP contribution is -2.39. The van der Waals surface area contributed by atoms with Crippen LogP contribution >= 0.6 is 12.4 Å². The predicted octanol–water partition coefficient (Wildman–Crippen LogP) is 4.25. The first-order valence-corrected chi connectivity index (χ1v) is 12.8. The van der Waals surface area contributed by atoms with Gasteiger partial charge in [-0.25, -0.2) is 12.8 Å². The highest BCUT2D eigenvalue weighted by Gasteiger charge is 2.29. The number of likely N-dealkylation sites (N-methyl/N-ethyl adjacent to an activating group) is 1. The molecule has 3 aromatic rings. The Morgan fingerprint density at radius 2 is 2.00 bits per heavy atom. The number of hydrogen-bond acceptors (Lipinski definition) is 4. The lowest BCUT2D eigenvalue weighted by molar-refractivity contribution is 0.391. The molecule has 4 rings (SSSR count). The van der Waals surface area contributed by atoms with Crippen LogP contribution in [0.15, 0.2) is 59.8 Å². The number of nitrogens with zero attached hydrogens (tertiary/aromatic N) is 2. The van der Waals surface area contributed by atoms with Crippen molar-refractivity contribution in [2.24, 2.45) is 7.05 Å². The Balaban J connectivity index is 0.00000306. The summed E-state index contributed by atoms with van der Waals surface area (Å²) in [5.41, 5.74) is 4.55. The van der Waals surface area contributed by atoms with E-state index in [1.807, 2.05) is 12.1 Å². The van der Waals surface area contributed by atoms with E-state index in [-0.39, 0.29) is 34.8 Å². The molecule has 1 heterocycles. The number of hydrogen-bond donors (Lipinski definition) is 1. The third kappa shape index (κ3) is 6.02. The number of benzene rings is 2. The number of aromatic nitrogens is 2. The molecule has 2 unspecified atom stereocenters. The molecule has 1 N–H and O–H groups in total. The fourth-order valence-corrected chi connectivity index (χ4v) is 5.97. The maximum absolute atomic E-state index is 13.8. The fraction of sp³-hybridized carbons (Fsp3) is 0.400. The molecule has 0 aliphatic heterocycles. The van der Waals surface area contributed by atoms with E-state index in [1.165, 1.54) is 34.3 Å². The second-order valence-electron chi connectivity index (χ2n) is 8.60. The summed E-state index contributed by atoms with van der Waals surface area (Å²) in [7, 11) is -1.67. The maximum Gasteiger partial charge on any atom is 0.181 e. The zero-order chi connectivity index (χ0) is 22.7. The van der Waals surface area contributed by atoms with Crippen molar-refractivity contribution in [2.75, 3.05) is 12.3 Å². The van der Waals surface area contributed by atoms with E-state index >= 15 is 0 Å². The third-order valence-corrected chi connectivity index (χ3v) is 8.00. The van der Waals surface area contributed by atoms with Gasteiger partial charge in [0.2, 0.25) is 0 Å². The molecular formula is C25H31ClFN3O2S. The van der Waals surface area contributed by atoms with Gasteiger partial charge in [-0.15, -0.1) is 12.4 Å². The minimum Gasteiger partial charge on any atom is -0.314 e. The normalized spacial score (nSPS) is 17.9. The van der Waals surface area contributed by atoms with Gasteiger partial charge in [-0.1, -0.05) is 37.3 Å². The monoisotopic (exact) mass is 491 g/mol. The van der Waals surface area contributed by atoms with E-state index < -0.39 is 9.84 Å². The Labute approximate surface area is 201 Å². The first-order valence-electron chi connectivity index (χ1n) is 11.2. The zero-order valence-electron chi connectivity index (χ0n) is 19.0. The third-order valence-electron chi connectivity index (χ3n) is 6.33. The summed E-state index contributed by atoms with van der Waals surface area (Å²) >= 11 is 0. The van der Waals surface area contributed by atoms with Crippen LogP contribution < -0.4 is 5.32 Å². The lowest BCUT2D eigenvalue weighted by Gasteiger charge is -2.35. The van der Waals surface area contributed by atoms with Gasteiger partial charge in [-0.2, -0.15) is 5.10 Å². The van der Waals surface area contributed by atoms with Crippen LogP contribution in [0.25, 0.3) is 0 Å². The van der Waals surface area contributed by atoms with Crippen molar-refractivity contribution in [2.45, 2.75) is 49.5 Å². The highest BCUT2D eigenvalue weighted by Crippen LogP contribution is 2.35. The van der Waals surface area contributed by atoms with Crippen molar-refractivity contribution in [3.8, 4) is 0 Å². The number of sulfone groups is 1. The summed E-state index contributed by atoms with van der Waals surface area (Å²) < 4.78 is 40.7. The van der Waals surface area contributed by atoms with Crippen LogP contribution in [0.3, 0.4) is 0 Å². The van der Waals surface area contributed by atoms with Gasteiger partial charge in [0.1, 0.15) is 10.7 Å². The number of aryl methyl sites for hydroxylation is 3. The second kappa shape index (κ2) is 10.8. The predicted molar refractivity (Wildman–Crippen MR) is 131 cm³/mol. The molecule has 2 aromatic carbocycles. The summed E-state index contributed by atoms with van der Waals surface area (Å²) in [4.78, 5) is 0.258. The van der Waals surface area contributed by atoms with Gasteiger partial charge >= 0.3 is 0 Å². The van der Waals surface area contributed by atoms with Crippen molar-refractivity contribution in [3.05, 3.63) is 82.9 Å². The molecule has 2 atom stereocenters. The van der Waals surface area contributed by atoms with E-state index in [9.17, 15) is 12.8 Å². The van der Waals surface area contributed by atoms with Gasteiger partial charge in [0.15, 0.2) is 9.84 Å². The molecule has 0 saturated carbocycles. The van der Waals surface area contributed by atoms with Gasteiger partial charge in [-0.05, 0) is 66.6 Å². The molecule has 1 aliphatic carbocycles. The zero-order valence-corrected chi connectivity index (χ0v) is 20.6. The molecule has 0 fully saturated rings. The Kier molecular flexibility index (Phi) is 8.32. The molecule has 5 nitrogen and oxygen atoms in total. The highest BCUT2D eigenvalue weighted by atomic mass is 35.5. The quantitative estimate of drug-likeness (QED) is 0.511. The second-order valence-corrected chi connectivity index (χ2v) is 10.7. The van der Waals surface area contributed by atoms with Gasteiger partial charge in [-0.3, -0.25) is 4.68 Å². The number of fused-ring (bicyclic) bond motifs is 1. The van der Waals surface area contributed by atoms with Crippen LogP contribution in [0, 0.1) is 5.82 Å². The minimum absolute atomic E-state index is 0. The topological polar surface area (TPSA) is 64.0 Å². The van der Waals surface area contributed by atoms with E-state index in [2.05, 4.69) is 29.5 Å². The van der Waals surface area contributed by atoms with Gasteiger partial charge in [0.25, 0.3) is 0 Å². The average molecular weight is 492 g/mol. The molecule has 8 heteroatoms. The van der Waals surface area contributed by atoms with Crippen LogP contribution in [-0.2, 0) is 36.1 Å². The van der Waals surface area contributed by atoms with Crippen molar-refractivity contribution in [1.82, 2.24) is 15.1 Å². The summed E-state index contributed by atoms with van der Waals surface area (Å²) in [6.07, 6.45) is 6.16. The molecule has 0 spiro atoms. The summed E-state index contributed by atoms with van der Waals surface area (Å²) in [6, 6.07) is 13.5. The Morgan fingerprint density at radius 3 is 2.70 bits per heavy atom. The fourth-order valence-electron chi connectivity index (χ4n) is 4.71. The molecule has 0 radical (unpaired) electrons. The van der Waals surface area contributed by atoms with Crippen molar-refractivity contribution < 1.29 is 12.8 Å². The molecular weight excluding hydrogens is 461 g/mol. The van der Waals surface area contributed by atoms with Crippen LogP contribution in [0.4, 0.5) is 4.39 Å². The standard InChI is InChI=1S/C25H30FN3O2S.ClH/c1-3-27-25-10-9-20-8-7-18(11-12-32(30,31)22-16-28-29(2)17-22)14-23(20)24(25)15-19-5-4-6-21(26)13-19;/h4-8,13-14,16-17,24-25,27H,3,9-12,15H2,1-2H3;1H. The molecule has 1 aliphatic rings. The van der Waals surface area contributed by atoms with Crippen molar-refractivity contribution in [1.29, 1.82) is 0 Å².